The van der Waals surface area contributed by atoms with Crippen molar-refractivity contribution in [1.82, 2.24) is 5.32 Å². The van der Waals surface area contributed by atoms with Gasteiger partial charge in [0.05, 0.1) is 19.3 Å². The van der Waals surface area contributed by atoms with Gasteiger partial charge in [0, 0.05) is 0 Å². The second-order valence-electron chi connectivity index (χ2n) is 2.95. The molecule has 0 unspecified atom stereocenters. The number of nitrogens with one attached hydrogen (secondary N) is 2. The Bertz CT molecular complexity index is 458. The van der Waals surface area contributed by atoms with Crippen LogP contribution < -0.4 is 10.6 Å². The van der Waals surface area contributed by atoms with E-state index in [1.165, 1.54) is 18.4 Å². The van der Waals surface area contributed by atoms with Crippen molar-refractivity contribution in [2.45, 2.75) is 6.92 Å². The molecule has 0 aliphatic carbocycles. The first-order valence-electron chi connectivity index (χ1n) is 4.99. The van der Waals surface area contributed by atoms with Gasteiger partial charge in [-0.1, -0.05) is 0 Å². The molecule has 98 valence electrons. The molecule has 0 saturated heterocycles. The van der Waals surface area contributed by atoms with Crippen molar-refractivity contribution in [2.75, 3.05) is 19.0 Å². The monoisotopic (exact) mass is 288 g/mol. The summed E-state index contributed by atoms with van der Waals surface area (Å²) < 4.78 is 9.27. The lowest BCUT2D eigenvalue weighted by molar-refractivity contribution is 0.0602. The Morgan fingerprint density at radius 2 is 2.22 bits per heavy atom. The minimum Gasteiger partial charge on any atom is -0.465 e. The molecule has 1 amide bonds. The van der Waals surface area contributed by atoms with Crippen LogP contribution in [0.1, 0.15) is 17.3 Å². The number of ether oxygens (including phenoxy) is 2. The molecule has 1 rings (SSSR count). The molecule has 1 aromatic heterocycles. The standard InChI is InChI=1S/C10H12N2O4S2/c1-3-16-10(14)12-9(17)11-7-6(4-5-18-7)8(13)15-2/h4-5H,3H2,1-2H3,(H2,11,12,14,17). The van der Waals surface area contributed by atoms with E-state index in [1.54, 1.807) is 18.4 Å². The van der Waals surface area contributed by atoms with Gasteiger partial charge in [-0.25, -0.2) is 9.59 Å². The number of hydrogen-bond donors (Lipinski definition) is 2. The van der Waals surface area contributed by atoms with Gasteiger partial charge >= 0.3 is 12.1 Å². The Morgan fingerprint density at radius 3 is 2.83 bits per heavy atom. The number of thiophene rings is 1. The Labute approximate surface area is 113 Å². The van der Waals surface area contributed by atoms with Crippen molar-refractivity contribution in [3.63, 3.8) is 0 Å². The Balaban J connectivity index is 2.62. The third-order valence-corrected chi connectivity index (χ3v) is 2.82. The van der Waals surface area contributed by atoms with Crippen molar-refractivity contribution >= 4 is 45.7 Å². The number of methoxy groups -OCH3 is 1. The van der Waals surface area contributed by atoms with E-state index in [0.717, 1.165) is 0 Å². The summed E-state index contributed by atoms with van der Waals surface area (Å²) in [5.41, 5.74) is 0.357. The van der Waals surface area contributed by atoms with Gasteiger partial charge in [0.2, 0.25) is 0 Å². The maximum atomic E-state index is 11.4. The molecular formula is C10H12N2O4S2. The molecule has 0 fully saturated rings. The lowest BCUT2D eigenvalue weighted by atomic mass is 10.3. The van der Waals surface area contributed by atoms with Crippen LogP contribution in [0.4, 0.5) is 9.80 Å². The summed E-state index contributed by atoms with van der Waals surface area (Å²) in [6, 6.07) is 1.60. The smallest absolute Gasteiger partial charge is 0.413 e. The highest BCUT2D eigenvalue weighted by Gasteiger charge is 2.14. The molecule has 6 nitrogen and oxygen atoms in total. The van der Waals surface area contributed by atoms with Crippen LogP contribution in [-0.4, -0.2) is 30.9 Å². The van der Waals surface area contributed by atoms with Gasteiger partial charge < -0.3 is 14.8 Å². The zero-order valence-electron chi connectivity index (χ0n) is 9.81. The van der Waals surface area contributed by atoms with E-state index < -0.39 is 12.1 Å². The second kappa shape index (κ2) is 6.92. The maximum absolute atomic E-state index is 11.4. The Kier molecular flexibility index (Phi) is 5.53. The fraction of sp³-hybridized carbons (Fsp3) is 0.300. The zero-order valence-corrected chi connectivity index (χ0v) is 11.4. The lowest BCUT2D eigenvalue weighted by Gasteiger charge is -2.08. The van der Waals surface area contributed by atoms with Crippen LogP contribution in [0.25, 0.3) is 0 Å². The Hall–Kier alpha value is -1.67. The molecule has 8 heteroatoms. The number of anilines is 1. The van der Waals surface area contributed by atoms with Crippen molar-refractivity contribution in [2.24, 2.45) is 0 Å². The van der Waals surface area contributed by atoms with Crippen molar-refractivity contribution in [3.05, 3.63) is 17.0 Å². The molecule has 0 radical (unpaired) electrons. The van der Waals surface area contributed by atoms with Crippen LogP contribution in [-0.2, 0) is 9.47 Å². The third-order valence-electron chi connectivity index (χ3n) is 1.79. The fourth-order valence-electron chi connectivity index (χ4n) is 1.07. The highest BCUT2D eigenvalue weighted by Crippen LogP contribution is 2.23. The quantitative estimate of drug-likeness (QED) is 0.654. The van der Waals surface area contributed by atoms with Gasteiger partial charge in [-0.3, -0.25) is 5.32 Å². The van der Waals surface area contributed by atoms with Crippen molar-refractivity contribution in [1.29, 1.82) is 0 Å². The minimum absolute atomic E-state index is 0.0565. The number of thiocarbonyl (C=S) groups is 1. The molecule has 0 bridgehead atoms. The number of amides is 1. The van der Waals surface area contributed by atoms with E-state index >= 15 is 0 Å². The van der Waals surface area contributed by atoms with E-state index in [4.69, 9.17) is 12.2 Å². The number of carbonyl (C=O) groups excluding carboxylic acids is 2. The first kappa shape index (κ1) is 14.4. The van der Waals surface area contributed by atoms with Gasteiger partial charge in [0.25, 0.3) is 0 Å². The molecule has 1 heterocycles. The van der Waals surface area contributed by atoms with Gasteiger partial charge in [-0.15, -0.1) is 11.3 Å². The molecule has 0 aliphatic heterocycles. The van der Waals surface area contributed by atoms with Crippen LogP contribution in [0.3, 0.4) is 0 Å². The fourth-order valence-corrected chi connectivity index (χ4v) is 2.10. The van der Waals surface area contributed by atoms with E-state index in [0.29, 0.717) is 10.6 Å². The summed E-state index contributed by atoms with van der Waals surface area (Å²) in [6.07, 6.45) is -0.647. The van der Waals surface area contributed by atoms with Crippen LogP contribution >= 0.6 is 23.6 Å². The Morgan fingerprint density at radius 1 is 1.50 bits per heavy atom. The molecule has 2 N–H and O–H groups in total. The molecule has 0 saturated carbocycles. The highest BCUT2D eigenvalue weighted by molar-refractivity contribution is 7.80. The number of hydrogen-bond acceptors (Lipinski definition) is 6. The number of esters is 1. The molecule has 1 aromatic rings. The molecule has 18 heavy (non-hydrogen) atoms. The molecule has 0 atom stereocenters. The van der Waals surface area contributed by atoms with Crippen LogP contribution in [0.5, 0.6) is 0 Å². The van der Waals surface area contributed by atoms with E-state index in [1.807, 2.05) is 0 Å². The van der Waals surface area contributed by atoms with E-state index in [9.17, 15) is 9.59 Å². The summed E-state index contributed by atoms with van der Waals surface area (Å²) in [4.78, 5) is 22.5. The van der Waals surface area contributed by atoms with Gasteiger partial charge in [-0.2, -0.15) is 0 Å². The summed E-state index contributed by atoms with van der Waals surface area (Å²) in [7, 11) is 1.29. The van der Waals surface area contributed by atoms with E-state index in [-0.39, 0.29) is 11.7 Å². The predicted octanol–water partition coefficient (Wildman–Crippen LogP) is 1.98. The molecule has 0 aliphatic rings. The largest absolute Gasteiger partial charge is 0.465 e. The molecular weight excluding hydrogens is 276 g/mol. The van der Waals surface area contributed by atoms with Gasteiger partial charge in [0.1, 0.15) is 5.00 Å². The first-order chi connectivity index (χ1) is 8.58. The average molecular weight is 288 g/mol. The lowest BCUT2D eigenvalue weighted by Crippen LogP contribution is -2.34. The van der Waals surface area contributed by atoms with E-state index in [2.05, 4.69) is 20.1 Å². The maximum Gasteiger partial charge on any atom is 0.413 e. The first-order valence-corrected chi connectivity index (χ1v) is 6.27. The summed E-state index contributed by atoms with van der Waals surface area (Å²) in [6.45, 7) is 1.94. The van der Waals surface area contributed by atoms with Crippen molar-refractivity contribution in [3.8, 4) is 0 Å². The normalized spacial score (nSPS) is 9.44. The molecule has 0 aromatic carbocycles. The molecule has 0 spiro atoms. The van der Waals surface area contributed by atoms with Crippen LogP contribution in [0.15, 0.2) is 11.4 Å². The topological polar surface area (TPSA) is 76.7 Å². The number of rotatable bonds is 3. The minimum atomic E-state index is -0.647. The zero-order chi connectivity index (χ0) is 13.5. The summed E-state index contributed by atoms with van der Waals surface area (Å²) >= 11 is 6.18. The third kappa shape index (κ3) is 3.97. The van der Waals surface area contributed by atoms with Gasteiger partial charge in [-0.05, 0) is 30.6 Å². The van der Waals surface area contributed by atoms with Crippen LogP contribution in [0, 0.1) is 0 Å². The predicted molar refractivity (Wildman–Crippen MR) is 72.0 cm³/mol. The summed E-state index contributed by atoms with van der Waals surface area (Å²) in [5, 5.41) is 7.32. The van der Waals surface area contributed by atoms with Crippen LogP contribution in [0.2, 0.25) is 0 Å². The highest BCUT2D eigenvalue weighted by atomic mass is 32.1. The van der Waals surface area contributed by atoms with Crippen molar-refractivity contribution < 1.29 is 19.1 Å². The SMILES string of the molecule is CCOC(=O)NC(=S)Nc1sccc1C(=O)OC. The number of carbonyl (C=O) groups is 2. The second-order valence-corrected chi connectivity index (χ2v) is 4.28. The number of alkyl carbamates (subject to hydrolysis) is 1. The summed E-state index contributed by atoms with van der Waals surface area (Å²) in [5.74, 6) is -0.474. The average Bonchev–Trinajstić information content (AvgIpc) is 2.76. The van der Waals surface area contributed by atoms with Gasteiger partial charge in [0.15, 0.2) is 5.11 Å².